The summed E-state index contributed by atoms with van der Waals surface area (Å²) < 4.78 is 29.1. The van der Waals surface area contributed by atoms with Gasteiger partial charge >= 0.3 is 8.25 Å². The normalized spacial score (nSPS) is 9.06. The standard InChI is InChI=1S/4CH4.H2O6P2.H4O4P2/c;;;;1-7(2)6-8(3,4)5;5-3-1-2-4-6/h4*1H4;(H2,3,4,5);5-6H2/p-2. The van der Waals surface area contributed by atoms with Gasteiger partial charge in [0.25, 0.3) is 0 Å². The van der Waals surface area contributed by atoms with Crippen LogP contribution in [0.4, 0.5) is 0 Å². The van der Waals surface area contributed by atoms with Crippen LogP contribution in [0.2, 0.25) is 0 Å². The zero-order valence-electron chi connectivity index (χ0n) is 6.13. The van der Waals surface area contributed by atoms with Crippen molar-refractivity contribution in [2.45, 2.75) is 29.7 Å². The maximum Gasteiger partial charge on any atom is 0.492 e. The molecule has 0 saturated heterocycles. The minimum Gasteiger partial charge on any atom is -0.786 e. The Kier molecular flexibility index (Phi) is 46.5. The Morgan fingerprint density at radius 1 is 0.944 bits per heavy atom. The average Bonchev–Trinajstić information content (AvgIpc) is 1.97. The summed E-state index contributed by atoms with van der Waals surface area (Å²) in [7, 11) is -5.31. The zero-order chi connectivity index (χ0) is 11.6. The van der Waals surface area contributed by atoms with Crippen LogP contribution < -0.4 is 14.7 Å². The number of hydrogen-bond acceptors (Lipinski definition) is 10. The molecule has 0 spiro atoms. The molecule has 0 aliphatic carbocycles. The Morgan fingerprint density at radius 2 is 1.22 bits per heavy atom. The molecule has 0 aliphatic heterocycles. The Balaban J connectivity index is -0.0000000335. The summed E-state index contributed by atoms with van der Waals surface area (Å²) in [6, 6.07) is 0. The summed E-state index contributed by atoms with van der Waals surface area (Å²) in [5, 5.41) is 7.41. The highest BCUT2D eigenvalue weighted by Crippen LogP contribution is 2.35. The first-order valence-corrected chi connectivity index (χ1v) is 5.75. The van der Waals surface area contributed by atoms with E-state index in [1.165, 1.54) is 0 Å². The molecule has 118 valence electrons. The third-order valence-electron chi connectivity index (χ3n) is 0.273. The molecule has 0 aromatic rings. The van der Waals surface area contributed by atoms with Crippen molar-refractivity contribution in [1.82, 2.24) is 0 Å². The molecule has 0 radical (unpaired) electrons. The maximum absolute atomic E-state index is 9.31. The maximum atomic E-state index is 9.31. The van der Waals surface area contributed by atoms with Crippen molar-refractivity contribution in [3.8, 4) is 0 Å². The Bertz CT molecular complexity index is 190. The van der Waals surface area contributed by atoms with Crippen molar-refractivity contribution >= 4 is 35.0 Å². The first-order valence-electron chi connectivity index (χ1n) is 2.25. The fraction of sp³-hybridized carbons (Fsp3) is 1.00. The first kappa shape index (κ1) is 36.4. The van der Waals surface area contributed by atoms with Crippen LogP contribution in [-0.4, -0.2) is 0 Å². The first-order chi connectivity index (χ1) is 6.33. The molecule has 0 aromatic carbocycles. The molecule has 18 heavy (non-hydrogen) atoms. The van der Waals surface area contributed by atoms with Crippen molar-refractivity contribution in [3.05, 3.63) is 0 Å². The molecule has 0 fully saturated rings. The highest BCUT2D eigenvalue weighted by atomic mass is 31.2. The van der Waals surface area contributed by atoms with Crippen molar-refractivity contribution < 1.29 is 47.5 Å². The minimum atomic E-state index is -5.32. The van der Waals surface area contributed by atoms with Gasteiger partial charge in [0.2, 0.25) is 0 Å². The van der Waals surface area contributed by atoms with Crippen molar-refractivity contribution in [1.29, 1.82) is 0 Å². The summed E-state index contributed by atoms with van der Waals surface area (Å²) in [5.41, 5.74) is 0. The highest BCUT2D eigenvalue weighted by Gasteiger charge is 2.02. The molecule has 10 nitrogen and oxygen atoms in total. The van der Waals surface area contributed by atoms with Gasteiger partial charge in [0.15, 0.2) is 0 Å². The van der Waals surface area contributed by atoms with Gasteiger partial charge in [-0.25, -0.2) is 0 Å². The number of rotatable bonds is 5. The molecule has 14 heteroatoms. The zero-order valence-corrected chi connectivity index (χ0v) is 10.2. The lowest BCUT2D eigenvalue weighted by Crippen LogP contribution is -2.14. The summed E-state index contributed by atoms with van der Waals surface area (Å²) >= 11 is 0. The smallest absolute Gasteiger partial charge is 0.492 e. The van der Waals surface area contributed by atoms with Gasteiger partial charge in [0.05, 0.1) is 0 Å². The van der Waals surface area contributed by atoms with E-state index in [4.69, 9.17) is 0 Å². The van der Waals surface area contributed by atoms with Crippen LogP contribution in [0.5, 0.6) is 0 Å². The lowest BCUT2D eigenvalue weighted by Gasteiger charge is -2.20. The van der Waals surface area contributed by atoms with E-state index in [0.717, 1.165) is 0 Å². The van der Waals surface area contributed by atoms with Gasteiger partial charge in [-0.05, 0) is 14.6 Å². The monoisotopic (exact) mass is 352 g/mol. The summed E-state index contributed by atoms with van der Waals surface area (Å²) in [4.78, 5) is 27.9. The van der Waals surface area contributed by atoms with Gasteiger partial charge < -0.3 is 19.2 Å². The SMILES string of the molecule is C.C.C.C.O=[P+]([O-])OP(=O)([O-])[O-].POOOOP. The third-order valence-corrected chi connectivity index (χ3v) is 1.76. The molecule has 3 atom stereocenters. The van der Waals surface area contributed by atoms with E-state index in [1.54, 1.807) is 18.9 Å². The van der Waals surface area contributed by atoms with Crippen LogP contribution in [0, 0.1) is 0 Å². The molecule has 0 aromatic heterocycles. The predicted octanol–water partition coefficient (Wildman–Crippen LogP) is 0.772. The van der Waals surface area contributed by atoms with E-state index in [9.17, 15) is 23.8 Å². The Labute approximate surface area is 113 Å². The lowest BCUT2D eigenvalue weighted by atomic mass is 12.0. The van der Waals surface area contributed by atoms with Gasteiger partial charge in [-0.2, -0.15) is 9.35 Å². The van der Waals surface area contributed by atoms with E-state index in [-0.39, 0.29) is 29.7 Å². The van der Waals surface area contributed by atoms with Crippen molar-refractivity contribution in [2.75, 3.05) is 0 Å². The lowest BCUT2D eigenvalue weighted by molar-refractivity contribution is -0.571. The van der Waals surface area contributed by atoms with E-state index in [1.807, 2.05) is 0 Å². The van der Waals surface area contributed by atoms with Crippen LogP contribution in [0.3, 0.4) is 0 Å². The summed E-state index contributed by atoms with van der Waals surface area (Å²) in [5.74, 6) is 0. The predicted molar refractivity (Wildman–Crippen MR) is 67.0 cm³/mol. The molecule has 0 aliphatic rings. The average molecular weight is 352 g/mol. The van der Waals surface area contributed by atoms with Crippen LogP contribution in [0.25, 0.3) is 0 Å². The van der Waals surface area contributed by atoms with Crippen molar-refractivity contribution in [2.24, 2.45) is 0 Å². The quantitative estimate of drug-likeness (QED) is 0.300. The molecular weight excluding hydrogens is 332 g/mol. The highest BCUT2D eigenvalue weighted by molar-refractivity contribution is 7.52. The summed E-state index contributed by atoms with van der Waals surface area (Å²) in [6.07, 6.45) is 0. The van der Waals surface area contributed by atoms with Crippen molar-refractivity contribution in [3.63, 3.8) is 0 Å². The minimum absolute atomic E-state index is 0. The second-order valence-electron chi connectivity index (χ2n) is 1.08. The molecule has 0 saturated carbocycles. The molecule has 0 bridgehead atoms. The second kappa shape index (κ2) is 23.0. The van der Waals surface area contributed by atoms with Crippen LogP contribution in [-0.2, 0) is 32.9 Å². The van der Waals surface area contributed by atoms with Gasteiger partial charge in [-0.3, -0.25) is 0 Å². The van der Waals surface area contributed by atoms with E-state index >= 15 is 0 Å². The van der Waals surface area contributed by atoms with E-state index < -0.39 is 16.1 Å². The Morgan fingerprint density at radius 3 is 1.28 bits per heavy atom. The third kappa shape index (κ3) is 54.0. The topological polar surface area (TPSA) is 149 Å². The molecule has 0 amide bonds. The molecular formula is C4H20O10P4-2. The number of hydrogen-bond donors (Lipinski definition) is 0. The fourth-order valence-electron chi connectivity index (χ4n) is 0.114. The Hall–Kier alpha value is 0.870. The molecule has 0 rings (SSSR count). The fourth-order valence-corrected chi connectivity index (χ4v) is 0.831. The van der Waals surface area contributed by atoms with E-state index in [0.29, 0.717) is 0 Å². The van der Waals surface area contributed by atoms with Crippen LogP contribution in [0.15, 0.2) is 0 Å². The largest absolute Gasteiger partial charge is 0.786 e. The van der Waals surface area contributed by atoms with Gasteiger partial charge in [0, 0.05) is 18.9 Å². The second-order valence-corrected chi connectivity index (χ2v) is 3.46. The van der Waals surface area contributed by atoms with E-state index in [2.05, 4.69) is 23.7 Å². The molecule has 3 unspecified atom stereocenters. The summed E-state index contributed by atoms with van der Waals surface area (Å²) in [6.45, 7) is 0. The molecule has 0 N–H and O–H groups in total. The van der Waals surface area contributed by atoms with Gasteiger partial charge in [-0.1, -0.05) is 29.7 Å². The van der Waals surface area contributed by atoms with Gasteiger partial charge in [-0.15, -0.1) is 4.31 Å². The van der Waals surface area contributed by atoms with Crippen LogP contribution in [0.1, 0.15) is 29.7 Å². The van der Waals surface area contributed by atoms with Crippen LogP contribution >= 0.6 is 35.0 Å². The number of phosphoric acid groups is 1. The molecule has 0 heterocycles. The van der Waals surface area contributed by atoms with Gasteiger partial charge in [0.1, 0.15) is 7.82 Å².